The van der Waals surface area contributed by atoms with Crippen molar-refractivity contribution in [3.63, 3.8) is 0 Å². The van der Waals surface area contributed by atoms with E-state index < -0.39 is 0 Å². The Labute approximate surface area is 63.6 Å². The van der Waals surface area contributed by atoms with Gasteiger partial charge in [-0.15, -0.1) is 13.0 Å². The highest BCUT2D eigenvalue weighted by atomic mass is 13.9. The summed E-state index contributed by atoms with van der Waals surface area (Å²) >= 11 is 0. The van der Waals surface area contributed by atoms with Gasteiger partial charge in [0.25, 0.3) is 0 Å². The second-order valence-corrected chi connectivity index (χ2v) is 2.42. The van der Waals surface area contributed by atoms with Crippen molar-refractivity contribution in [1.29, 1.82) is 0 Å². The molecule has 0 bridgehead atoms. The van der Waals surface area contributed by atoms with Crippen molar-refractivity contribution in [1.82, 2.24) is 0 Å². The summed E-state index contributed by atoms with van der Waals surface area (Å²) in [7, 11) is 0. The first-order chi connectivity index (χ1) is 4.70. The van der Waals surface area contributed by atoms with Gasteiger partial charge in [0.05, 0.1) is 0 Å². The minimum absolute atomic E-state index is 0.961. The maximum absolute atomic E-state index is 5.22. The molecule has 0 rings (SSSR count). The van der Waals surface area contributed by atoms with Crippen LogP contribution >= 0.6 is 0 Å². The van der Waals surface area contributed by atoms with E-state index in [0.717, 1.165) is 18.4 Å². The summed E-state index contributed by atoms with van der Waals surface area (Å²) in [6, 6.07) is 0. The lowest BCUT2D eigenvalue weighted by atomic mass is 10.1. The Morgan fingerprint density at radius 1 is 1.60 bits per heavy atom. The van der Waals surface area contributed by atoms with Crippen LogP contribution in [0.1, 0.15) is 26.7 Å². The number of hydrogen-bond acceptors (Lipinski definition) is 0. The zero-order valence-electron chi connectivity index (χ0n) is 6.78. The zero-order valence-corrected chi connectivity index (χ0v) is 6.78. The average Bonchev–Trinajstić information content (AvgIpc) is 1.90. The maximum atomic E-state index is 5.22. The number of allylic oxidation sites excluding steroid dienone is 3. The van der Waals surface area contributed by atoms with Crippen LogP contribution in [0.5, 0.6) is 0 Å². The molecule has 54 valence electrons. The van der Waals surface area contributed by atoms with Crippen LogP contribution in [0.3, 0.4) is 0 Å². The van der Waals surface area contributed by atoms with E-state index in [-0.39, 0.29) is 0 Å². The molecule has 0 N–H and O–H groups in total. The average molecular weight is 134 g/mol. The van der Waals surface area contributed by atoms with Crippen LogP contribution in [0.4, 0.5) is 0 Å². The molecular weight excluding hydrogens is 120 g/mol. The topological polar surface area (TPSA) is 0 Å². The number of hydrogen-bond donors (Lipinski definition) is 0. The van der Waals surface area contributed by atoms with Crippen LogP contribution in [-0.2, 0) is 0 Å². The Morgan fingerprint density at radius 3 is 2.50 bits per heavy atom. The molecule has 0 atom stereocenters. The van der Waals surface area contributed by atoms with Gasteiger partial charge in [0.2, 0.25) is 0 Å². The van der Waals surface area contributed by atoms with Crippen LogP contribution in [0.15, 0.2) is 23.8 Å². The molecule has 0 aromatic carbocycles. The van der Waals surface area contributed by atoms with E-state index >= 15 is 0 Å². The van der Waals surface area contributed by atoms with Crippen molar-refractivity contribution in [3.05, 3.63) is 23.8 Å². The Balaban J connectivity index is 3.70. The SMILES string of the molecule is C#C/C(=C/C)CCC(=C)C. The Morgan fingerprint density at radius 2 is 2.20 bits per heavy atom. The van der Waals surface area contributed by atoms with Gasteiger partial charge in [0, 0.05) is 0 Å². The van der Waals surface area contributed by atoms with Crippen LogP contribution < -0.4 is 0 Å². The molecule has 0 saturated carbocycles. The molecule has 0 aromatic rings. The molecule has 10 heavy (non-hydrogen) atoms. The summed E-state index contributed by atoms with van der Waals surface area (Å²) in [4.78, 5) is 0. The van der Waals surface area contributed by atoms with Crippen molar-refractivity contribution in [3.8, 4) is 12.3 Å². The molecule has 0 nitrogen and oxygen atoms in total. The minimum atomic E-state index is 0.961. The second-order valence-electron chi connectivity index (χ2n) is 2.42. The molecule has 0 unspecified atom stereocenters. The van der Waals surface area contributed by atoms with Crippen molar-refractivity contribution in [2.24, 2.45) is 0 Å². The Kier molecular flexibility index (Phi) is 4.41. The predicted octanol–water partition coefficient (Wildman–Crippen LogP) is 2.92. The van der Waals surface area contributed by atoms with Crippen molar-refractivity contribution >= 4 is 0 Å². The third-order valence-corrected chi connectivity index (χ3v) is 1.35. The Bertz CT molecular complexity index is 177. The van der Waals surface area contributed by atoms with Crippen LogP contribution in [-0.4, -0.2) is 0 Å². The normalized spacial score (nSPS) is 10.7. The zero-order chi connectivity index (χ0) is 7.98. The lowest BCUT2D eigenvalue weighted by molar-refractivity contribution is 0.955. The third-order valence-electron chi connectivity index (χ3n) is 1.35. The summed E-state index contributed by atoms with van der Waals surface area (Å²) in [5.41, 5.74) is 2.26. The molecular formula is C10H14. The van der Waals surface area contributed by atoms with E-state index in [1.807, 2.05) is 19.9 Å². The Hall–Kier alpha value is -0.960. The second kappa shape index (κ2) is 4.88. The van der Waals surface area contributed by atoms with Crippen LogP contribution in [0, 0.1) is 12.3 Å². The fourth-order valence-corrected chi connectivity index (χ4v) is 0.648. The van der Waals surface area contributed by atoms with E-state index in [9.17, 15) is 0 Å². The summed E-state index contributed by atoms with van der Waals surface area (Å²) < 4.78 is 0. The molecule has 0 amide bonds. The van der Waals surface area contributed by atoms with E-state index in [1.165, 1.54) is 5.57 Å². The molecule has 0 aliphatic heterocycles. The van der Waals surface area contributed by atoms with Crippen molar-refractivity contribution in [2.45, 2.75) is 26.7 Å². The van der Waals surface area contributed by atoms with Gasteiger partial charge in [-0.25, -0.2) is 0 Å². The van der Waals surface area contributed by atoms with E-state index in [4.69, 9.17) is 6.42 Å². The maximum Gasteiger partial charge on any atom is -0.00219 e. The van der Waals surface area contributed by atoms with Gasteiger partial charge in [-0.05, 0) is 32.3 Å². The molecule has 0 heterocycles. The highest BCUT2D eigenvalue weighted by Gasteiger charge is 1.90. The van der Waals surface area contributed by atoms with Gasteiger partial charge < -0.3 is 0 Å². The van der Waals surface area contributed by atoms with E-state index in [1.54, 1.807) is 0 Å². The fraction of sp³-hybridized carbons (Fsp3) is 0.400. The minimum Gasteiger partial charge on any atom is -0.115 e. The molecule has 0 saturated heterocycles. The predicted molar refractivity (Wildman–Crippen MR) is 46.6 cm³/mol. The van der Waals surface area contributed by atoms with E-state index in [0.29, 0.717) is 0 Å². The number of terminal acetylenes is 1. The quantitative estimate of drug-likeness (QED) is 0.411. The first kappa shape index (κ1) is 9.04. The fourth-order valence-electron chi connectivity index (χ4n) is 0.648. The highest BCUT2D eigenvalue weighted by Crippen LogP contribution is 2.07. The lowest BCUT2D eigenvalue weighted by Gasteiger charge is -1.97. The van der Waals surface area contributed by atoms with Gasteiger partial charge in [0.15, 0.2) is 0 Å². The summed E-state index contributed by atoms with van der Waals surface area (Å²) in [5.74, 6) is 2.63. The molecule has 0 aliphatic carbocycles. The third kappa shape index (κ3) is 3.97. The van der Waals surface area contributed by atoms with Gasteiger partial charge >= 0.3 is 0 Å². The smallest absolute Gasteiger partial charge is 0.00219 e. The molecule has 0 spiro atoms. The summed E-state index contributed by atoms with van der Waals surface area (Å²) in [6.07, 6.45) is 9.16. The lowest BCUT2D eigenvalue weighted by Crippen LogP contribution is -1.79. The van der Waals surface area contributed by atoms with Gasteiger partial charge in [-0.1, -0.05) is 17.6 Å². The van der Waals surface area contributed by atoms with Crippen LogP contribution in [0.25, 0.3) is 0 Å². The van der Waals surface area contributed by atoms with Crippen LogP contribution in [0.2, 0.25) is 0 Å². The molecule has 0 heteroatoms. The monoisotopic (exact) mass is 134 g/mol. The van der Waals surface area contributed by atoms with E-state index in [2.05, 4.69) is 12.5 Å². The first-order valence-electron chi connectivity index (χ1n) is 3.47. The van der Waals surface area contributed by atoms with Crippen molar-refractivity contribution < 1.29 is 0 Å². The highest BCUT2D eigenvalue weighted by molar-refractivity contribution is 5.24. The molecule has 0 radical (unpaired) electrons. The summed E-state index contributed by atoms with van der Waals surface area (Å²) in [6.45, 7) is 7.78. The van der Waals surface area contributed by atoms with Gasteiger partial charge in [-0.3, -0.25) is 0 Å². The van der Waals surface area contributed by atoms with Crippen molar-refractivity contribution in [2.75, 3.05) is 0 Å². The molecule has 0 aliphatic rings. The van der Waals surface area contributed by atoms with Gasteiger partial charge in [0.1, 0.15) is 0 Å². The first-order valence-corrected chi connectivity index (χ1v) is 3.47. The molecule has 0 aromatic heterocycles. The molecule has 0 fully saturated rings. The standard InChI is InChI=1S/C10H14/c1-5-10(6-2)8-7-9(3)4/h1,6H,3,7-8H2,2,4H3/b10-6-. The number of rotatable bonds is 3. The summed E-state index contributed by atoms with van der Waals surface area (Å²) in [5, 5.41) is 0. The largest absolute Gasteiger partial charge is 0.115 e. The van der Waals surface area contributed by atoms with Gasteiger partial charge in [-0.2, -0.15) is 0 Å².